The van der Waals surface area contributed by atoms with Gasteiger partial charge in [-0.3, -0.25) is 4.79 Å². The van der Waals surface area contributed by atoms with Crippen LogP contribution in [0.15, 0.2) is 29.3 Å². The van der Waals surface area contributed by atoms with Gasteiger partial charge < -0.3 is 0 Å². The third kappa shape index (κ3) is 0.849. The van der Waals surface area contributed by atoms with Crippen molar-refractivity contribution in [3.63, 3.8) is 0 Å². The summed E-state index contributed by atoms with van der Waals surface area (Å²) in [6.07, 6.45) is 1.96. The number of nitrogens with zero attached hydrogens (tertiary/aromatic N) is 3. The van der Waals surface area contributed by atoms with Crippen LogP contribution >= 0.6 is 0 Å². The second kappa shape index (κ2) is 2.51. The Morgan fingerprint density at radius 1 is 1.29 bits per heavy atom. The molecule has 0 bridgehead atoms. The SMILES string of the molecule is O=C1CC=Nc2nc3ccccc3n21. The molecule has 1 aromatic heterocycles. The number of rotatable bonds is 0. The molecule has 0 N–H and O–H groups in total. The highest BCUT2D eigenvalue weighted by Gasteiger charge is 2.17. The van der Waals surface area contributed by atoms with Gasteiger partial charge in [0.25, 0.3) is 0 Å². The van der Waals surface area contributed by atoms with Crippen LogP contribution in [0.1, 0.15) is 11.2 Å². The lowest BCUT2D eigenvalue weighted by atomic mass is 10.3. The van der Waals surface area contributed by atoms with E-state index in [4.69, 9.17) is 0 Å². The Hall–Kier alpha value is -1.97. The van der Waals surface area contributed by atoms with Crippen molar-refractivity contribution in [3.8, 4) is 0 Å². The molecule has 68 valence electrons. The Bertz CT molecular complexity index is 553. The number of hydrogen-bond donors (Lipinski definition) is 0. The maximum Gasteiger partial charge on any atom is 0.239 e. The number of carbonyl (C=O) groups is 1. The predicted molar refractivity (Wildman–Crippen MR) is 53.1 cm³/mol. The summed E-state index contributed by atoms with van der Waals surface area (Å²) >= 11 is 0. The Balaban J connectivity index is 2.46. The number of fused-ring (bicyclic) bond motifs is 3. The van der Waals surface area contributed by atoms with Gasteiger partial charge in [0, 0.05) is 6.21 Å². The van der Waals surface area contributed by atoms with E-state index in [1.54, 1.807) is 10.8 Å². The third-order valence-electron chi connectivity index (χ3n) is 2.27. The van der Waals surface area contributed by atoms with Crippen molar-refractivity contribution in [1.82, 2.24) is 9.55 Å². The molecule has 0 fully saturated rings. The number of benzene rings is 1. The van der Waals surface area contributed by atoms with Crippen LogP contribution in [0.3, 0.4) is 0 Å². The zero-order valence-electron chi connectivity index (χ0n) is 7.34. The maximum absolute atomic E-state index is 11.6. The average Bonchev–Trinajstić information content (AvgIpc) is 2.57. The van der Waals surface area contributed by atoms with Crippen LogP contribution in [0.5, 0.6) is 0 Å². The van der Waals surface area contributed by atoms with Gasteiger partial charge in [0.15, 0.2) is 0 Å². The first-order chi connectivity index (χ1) is 6.86. The standard InChI is InChI=1S/C10H7N3O/c14-9-5-6-11-10-12-7-3-1-2-4-8(7)13(9)10/h1-4,6H,5H2. The van der Waals surface area contributed by atoms with Gasteiger partial charge in [-0.2, -0.15) is 0 Å². The molecule has 1 aromatic carbocycles. The molecule has 4 nitrogen and oxygen atoms in total. The molecular formula is C10H7N3O. The molecule has 1 aliphatic heterocycles. The zero-order valence-corrected chi connectivity index (χ0v) is 7.34. The molecule has 2 heterocycles. The molecular weight excluding hydrogens is 178 g/mol. The molecule has 0 saturated carbocycles. The van der Waals surface area contributed by atoms with Gasteiger partial charge in [0.1, 0.15) is 0 Å². The van der Waals surface area contributed by atoms with E-state index in [0.717, 1.165) is 11.0 Å². The lowest BCUT2D eigenvalue weighted by molar-refractivity contribution is 0.0928. The number of para-hydroxylation sites is 2. The van der Waals surface area contributed by atoms with Crippen molar-refractivity contribution in [2.24, 2.45) is 4.99 Å². The summed E-state index contributed by atoms with van der Waals surface area (Å²) in [6, 6.07) is 7.55. The first kappa shape index (κ1) is 7.44. The molecule has 2 aromatic rings. The summed E-state index contributed by atoms with van der Waals surface area (Å²) in [4.78, 5) is 19.9. The van der Waals surface area contributed by atoms with Crippen molar-refractivity contribution in [1.29, 1.82) is 0 Å². The van der Waals surface area contributed by atoms with Gasteiger partial charge in [-0.1, -0.05) is 12.1 Å². The summed E-state index contributed by atoms with van der Waals surface area (Å²) in [6.45, 7) is 0. The molecule has 1 aliphatic rings. The molecule has 0 radical (unpaired) electrons. The van der Waals surface area contributed by atoms with Gasteiger partial charge in [-0.15, -0.1) is 0 Å². The molecule has 0 amide bonds. The Kier molecular flexibility index (Phi) is 1.33. The molecule has 0 spiro atoms. The molecule has 0 saturated heterocycles. The van der Waals surface area contributed by atoms with Gasteiger partial charge >= 0.3 is 0 Å². The monoisotopic (exact) mass is 185 g/mol. The third-order valence-corrected chi connectivity index (χ3v) is 2.27. The fourth-order valence-corrected chi connectivity index (χ4v) is 1.64. The van der Waals surface area contributed by atoms with Crippen molar-refractivity contribution >= 4 is 29.1 Å². The van der Waals surface area contributed by atoms with E-state index in [0.29, 0.717) is 12.4 Å². The van der Waals surface area contributed by atoms with E-state index in [9.17, 15) is 4.79 Å². The van der Waals surface area contributed by atoms with Gasteiger partial charge in [-0.25, -0.2) is 14.5 Å². The van der Waals surface area contributed by atoms with Crippen molar-refractivity contribution in [2.45, 2.75) is 6.42 Å². The van der Waals surface area contributed by atoms with Crippen LogP contribution < -0.4 is 0 Å². The van der Waals surface area contributed by atoms with Crippen molar-refractivity contribution in [2.75, 3.05) is 0 Å². The zero-order chi connectivity index (χ0) is 9.54. The number of hydrogen-bond acceptors (Lipinski definition) is 3. The topological polar surface area (TPSA) is 47.2 Å². The summed E-state index contributed by atoms with van der Waals surface area (Å²) in [5.41, 5.74) is 1.65. The summed E-state index contributed by atoms with van der Waals surface area (Å²) in [7, 11) is 0. The van der Waals surface area contributed by atoms with Crippen LogP contribution in [0.25, 0.3) is 11.0 Å². The summed E-state index contributed by atoms with van der Waals surface area (Å²) in [5, 5.41) is 0. The van der Waals surface area contributed by atoms with Crippen molar-refractivity contribution in [3.05, 3.63) is 24.3 Å². The van der Waals surface area contributed by atoms with E-state index in [1.807, 2.05) is 24.3 Å². The average molecular weight is 185 g/mol. The second-order valence-electron chi connectivity index (χ2n) is 3.15. The Morgan fingerprint density at radius 2 is 2.14 bits per heavy atom. The lowest BCUT2D eigenvalue weighted by Gasteiger charge is -2.05. The first-order valence-corrected chi connectivity index (χ1v) is 4.39. The first-order valence-electron chi connectivity index (χ1n) is 4.39. The largest absolute Gasteiger partial charge is 0.274 e. The lowest BCUT2D eigenvalue weighted by Crippen LogP contribution is -2.13. The molecule has 0 atom stereocenters. The number of aliphatic imine (C=N–C) groups is 1. The number of aromatic nitrogens is 2. The van der Waals surface area contributed by atoms with E-state index in [2.05, 4.69) is 9.98 Å². The minimum atomic E-state index is 0.0312. The fourth-order valence-electron chi connectivity index (χ4n) is 1.64. The molecule has 0 unspecified atom stereocenters. The molecule has 4 heteroatoms. The van der Waals surface area contributed by atoms with Crippen LogP contribution in [0.4, 0.5) is 5.95 Å². The number of imidazole rings is 1. The van der Waals surface area contributed by atoms with E-state index >= 15 is 0 Å². The summed E-state index contributed by atoms with van der Waals surface area (Å²) in [5.74, 6) is 0.520. The van der Waals surface area contributed by atoms with Gasteiger partial charge in [-0.05, 0) is 12.1 Å². The summed E-state index contributed by atoms with van der Waals surface area (Å²) < 4.78 is 1.56. The van der Waals surface area contributed by atoms with E-state index in [1.165, 1.54) is 0 Å². The van der Waals surface area contributed by atoms with Crippen molar-refractivity contribution < 1.29 is 4.79 Å². The van der Waals surface area contributed by atoms with E-state index < -0.39 is 0 Å². The van der Waals surface area contributed by atoms with Gasteiger partial charge in [0.05, 0.1) is 17.5 Å². The minimum absolute atomic E-state index is 0.0312. The van der Waals surface area contributed by atoms with Crippen LogP contribution in [-0.2, 0) is 0 Å². The fraction of sp³-hybridized carbons (Fsp3) is 0.100. The number of carbonyl (C=O) groups excluding carboxylic acids is 1. The molecule has 0 aliphatic carbocycles. The predicted octanol–water partition coefficient (Wildman–Crippen LogP) is 1.78. The van der Waals surface area contributed by atoms with Gasteiger partial charge in [0.2, 0.25) is 11.9 Å². The smallest absolute Gasteiger partial charge is 0.239 e. The van der Waals surface area contributed by atoms with E-state index in [-0.39, 0.29) is 5.91 Å². The van der Waals surface area contributed by atoms with Crippen LogP contribution in [-0.4, -0.2) is 21.7 Å². The Morgan fingerprint density at radius 3 is 3.07 bits per heavy atom. The minimum Gasteiger partial charge on any atom is -0.274 e. The highest BCUT2D eigenvalue weighted by atomic mass is 16.2. The molecule has 14 heavy (non-hydrogen) atoms. The van der Waals surface area contributed by atoms with Crippen LogP contribution in [0, 0.1) is 0 Å². The normalized spacial score (nSPS) is 14.7. The maximum atomic E-state index is 11.6. The second-order valence-corrected chi connectivity index (χ2v) is 3.15. The Labute approximate surface area is 79.9 Å². The highest BCUT2D eigenvalue weighted by Crippen LogP contribution is 2.23. The quantitative estimate of drug-likeness (QED) is 0.628. The van der Waals surface area contributed by atoms with Crippen LogP contribution in [0.2, 0.25) is 0 Å². The highest BCUT2D eigenvalue weighted by molar-refractivity contribution is 6.02. The molecule has 3 rings (SSSR count).